The average molecular weight is 301 g/mol. The molecule has 0 radical (unpaired) electrons. The molecule has 0 spiro atoms. The summed E-state index contributed by atoms with van der Waals surface area (Å²) in [6.07, 6.45) is 0.811. The van der Waals surface area contributed by atoms with E-state index in [1.165, 1.54) is 5.56 Å². The molecule has 0 aliphatic carbocycles. The summed E-state index contributed by atoms with van der Waals surface area (Å²) < 4.78 is 11.3. The molecule has 2 rings (SSSR count). The van der Waals surface area contributed by atoms with E-state index in [0.29, 0.717) is 18.2 Å². The Hall–Kier alpha value is -2.07. The van der Waals surface area contributed by atoms with Crippen molar-refractivity contribution in [1.82, 2.24) is 0 Å². The molecule has 0 bridgehead atoms. The van der Waals surface area contributed by atoms with Gasteiger partial charge in [0.2, 0.25) is 0 Å². The van der Waals surface area contributed by atoms with Gasteiger partial charge in [0, 0.05) is 12.0 Å². The Kier molecular flexibility index (Phi) is 5.58. The van der Waals surface area contributed by atoms with Crippen LogP contribution in [0.15, 0.2) is 48.5 Å². The van der Waals surface area contributed by atoms with E-state index in [-0.39, 0.29) is 0 Å². The van der Waals surface area contributed by atoms with Gasteiger partial charge < -0.3 is 15.2 Å². The van der Waals surface area contributed by atoms with Crippen LogP contribution in [0.3, 0.4) is 0 Å². The monoisotopic (exact) mass is 301 g/mol. The zero-order valence-corrected chi connectivity index (χ0v) is 12.9. The molecule has 110 valence electrons. The van der Waals surface area contributed by atoms with Gasteiger partial charge in [-0.3, -0.25) is 0 Å². The van der Waals surface area contributed by atoms with Crippen LogP contribution in [0.25, 0.3) is 0 Å². The molecule has 0 aliphatic rings. The van der Waals surface area contributed by atoms with Crippen molar-refractivity contribution in [2.45, 2.75) is 13.3 Å². The summed E-state index contributed by atoms with van der Waals surface area (Å²) in [7, 11) is 0. The lowest BCUT2D eigenvalue weighted by molar-refractivity contribution is 0.247. The summed E-state index contributed by atoms with van der Waals surface area (Å²) in [5.74, 6) is 1.66. The van der Waals surface area contributed by atoms with Crippen LogP contribution in [0.4, 0.5) is 0 Å². The van der Waals surface area contributed by atoms with Crippen molar-refractivity contribution in [2.75, 3.05) is 13.2 Å². The molecule has 2 N–H and O–H groups in total. The first-order valence-corrected chi connectivity index (χ1v) is 7.28. The van der Waals surface area contributed by atoms with Crippen molar-refractivity contribution in [1.29, 1.82) is 0 Å². The maximum absolute atomic E-state index is 5.66. The van der Waals surface area contributed by atoms with E-state index in [4.69, 9.17) is 27.4 Å². The van der Waals surface area contributed by atoms with Gasteiger partial charge in [-0.2, -0.15) is 0 Å². The highest BCUT2D eigenvalue weighted by atomic mass is 32.1. The molecule has 21 heavy (non-hydrogen) atoms. The van der Waals surface area contributed by atoms with Crippen molar-refractivity contribution in [2.24, 2.45) is 5.73 Å². The highest BCUT2D eigenvalue weighted by Gasteiger charge is 1.99. The Morgan fingerprint density at radius 2 is 1.67 bits per heavy atom. The smallest absolute Gasteiger partial charge is 0.119 e. The van der Waals surface area contributed by atoms with Crippen molar-refractivity contribution in [3.8, 4) is 11.5 Å². The van der Waals surface area contributed by atoms with Gasteiger partial charge >= 0.3 is 0 Å². The van der Waals surface area contributed by atoms with Crippen LogP contribution in [-0.2, 0) is 0 Å². The molecular weight excluding hydrogens is 282 g/mol. The van der Waals surface area contributed by atoms with E-state index in [2.05, 4.69) is 6.92 Å². The fourth-order valence-corrected chi connectivity index (χ4v) is 1.94. The van der Waals surface area contributed by atoms with Gasteiger partial charge in [-0.05, 0) is 31.2 Å². The van der Waals surface area contributed by atoms with Crippen LogP contribution in [0.5, 0.6) is 11.5 Å². The van der Waals surface area contributed by atoms with E-state index in [1.54, 1.807) is 0 Å². The minimum absolute atomic E-state index is 0.378. The molecular formula is C17H19NO2S. The number of benzene rings is 2. The highest BCUT2D eigenvalue weighted by Crippen LogP contribution is 2.14. The van der Waals surface area contributed by atoms with Crippen LogP contribution in [0.1, 0.15) is 17.5 Å². The van der Waals surface area contributed by atoms with Crippen LogP contribution < -0.4 is 15.2 Å². The lowest BCUT2D eigenvalue weighted by atomic mass is 10.2. The van der Waals surface area contributed by atoms with Gasteiger partial charge in [-0.25, -0.2) is 0 Å². The highest BCUT2D eigenvalue weighted by molar-refractivity contribution is 7.80. The number of rotatable bonds is 7. The Balaban J connectivity index is 1.71. The normalized spacial score (nSPS) is 10.1. The first-order valence-electron chi connectivity index (χ1n) is 6.87. The summed E-state index contributed by atoms with van der Waals surface area (Å²) in [5.41, 5.74) is 7.63. The average Bonchev–Trinajstić information content (AvgIpc) is 2.49. The fourth-order valence-electron chi connectivity index (χ4n) is 1.81. The molecule has 3 nitrogen and oxygen atoms in total. The Morgan fingerprint density at radius 3 is 2.33 bits per heavy atom. The number of hydrogen-bond acceptors (Lipinski definition) is 3. The van der Waals surface area contributed by atoms with Crippen molar-refractivity contribution < 1.29 is 9.47 Å². The van der Waals surface area contributed by atoms with Gasteiger partial charge in [0.05, 0.1) is 13.2 Å². The van der Waals surface area contributed by atoms with Crippen LogP contribution in [-0.4, -0.2) is 18.2 Å². The summed E-state index contributed by atoms with van der Waals surface area (Å²) in [4.78, 5) is 0.378. The number of hydrogen-bond donors (Lipinski definition) is 1. The van der Waals surface area contributed by atoms with Crippen LogP contribution in [0, 0.1) is 6.92 Å². The second kappa shape index (κ2) is 7.64. The first-order chi connectivity index (χ1) is 10.1. The Bertz CT molecular complexity index is 596. The van der Waals surface area contributed by atoms with Crippen molar-refractivity contribution >= 4 is 17.2 Å². The predicted molar refractivity (Wildman–Crippen MR) is 89.1 cm³/mol. The second-order valence-electron chi connectivity index (χ2n) is 4.76. The second-order valence-corrected chi connectivity index (χ2v) is 5.20. The molecule has 4 heteroatoms. The van der Waals surface area contributed by atoms with Gasteiger partial charge in [-0.15, -0.1) is 0 Å². The third kappa shape index (κ3) is 5.08. The van der Waals surface area contributed by atoms with Gasteiger partial charge in [-0.1, -0.05) is 42.0 Å². The maximum Gasteiger partial charge on any atom is 0.119 e. The van der Waals surface area contributed by atoms with E-state index in [0.717, 1.165) is 23.5 Å². The first kappa shape index (κ1) is 15.3. The molecule has 0 saturated carbocycles. The van der Waals surface area contributed by atoms with Crippen molar-refractivity contribution in [3.63, 3.8) is 0 Å². The number of nitrogens with two attached hydrogens (primary N) is 1. The lowest BCUT2D eigenvalue weighted by Crippen LogP contribution is -2.10. The SMILES string of the molecule is Cc1ccc(OCCCOc2cccc(C(N)=S)c2)cc1. The zero-order valence-electron chi connectivity index (χ0n) is 12.0. The van der Waals surface area contributed by atoms with Gasteiger partial charge in [0.15, 0.2) is 0 Å². The molecule has 0 aromatic heterocycles. The third-order valence-corrected chi connectivity index (χ3v) is 3.20. The molecule has 0 unspecified atom stereocenters. The van der Waals surface area contributed by atoms with E-state index in [9.17, 15) is 0 Å². The van der Waals surface area contributed by atoms with Crippen LogP contribution in [0.2, 0.25) is 0 Å². The molecule has 0 aliphatic heterocycles. The number of aryl methyl sites for hydroxylation is 1. The lowest BCUT2D eigenvalue weighted by Gasteiger charge is -2.09. The van der Waals surface area contributed by atoms with Crippen molar-refractivity contribution in [3.05, 3.63) is 59.7 Å². The predicted octanol–water partition coefficient (Wildman–Crippen LogP) is 3.48. The maximum atomic E-state index is 5.66. The summed E-state index contributed by atoms with van der Waals surface area (Å²) >= 11 is 4.94. The third-order valence-electron chi connectivity index (χ3n) is 2.97. The molecule has 2 aromatic carbocycles. The van der Waals surface area contributed by atoms with E-state index >= 15 is 0 Å². The quantitative estimate of drug-likeness (QED) is 0.628. The standard InChI is InChI=1S/C17H19NO2S/c1-13-6-8-15(9-7-13)19-10-3-11-20-16-5-2-4-14(12-16)17(18)21/h2,4-9,12H,3,10-11H2,1H3,(H2,18,21). The molecule has 0 saturated heterocycles. The minimum Gasteiger partial charge on any atom is -0.493 e. The van der Waals surface area contributed by atoms with Crippen LogP contribution >= 0.6 is 12.2 Å². The number of thiocarbonyl (C=S) groups is 1. The zero-order chi connectivity index (χ0) is 15.1. The Labute approximate surface area is 130 Å². The number of ether oxygens (including phenoxy) is 2. The van der Waals surface area contributed by atoms with Gasteiger partial charge in [0.1, 0.15) is 16.5 Å². The molecule has 2 aromatic rings. The largest absolute Gasteiger partial charge is 0.493 e. The Morgan fingerprint density at radius 1 is 1.00 bits per heavy atom. The van der Waals surface area contributed by atoms with Gasteiger partial charge in [0.25, 0.3) is 0 Å². The molecule has 0 fully saturated rings. The summed E-state index contributed by atoms with van der Waals surface area (Å²) in [6, 6.07) is 15.5. The topological polar surface area (TPSA) is 44.5 Å². The minimum atomic E-state index is 0.378. The fraction of sp³-hybridized carbons (Fsp3) is 0.235. The molecule has 0 heterocycles. The van der Waals surface area contributed by atoms with E-state index in [1.807, 2.05) is 48.5 Å². The molecule has 0 amide bonds. The molecule has 0 atom stereocenters. The van der Waals surface area contributed by atoms with E-state index < -0.39 is 0 Å². The summed E-state index contributed by atoms with van der Waals surface area (Å²) in [6.45, 7) is 3.27. The summed E-state index contributed by atoms with van der Waals surface area (Å²) in [5, 5.41) is 0.